The molecule has 1 rings (SSSR count). The van der Waals surface area contributed by atoms with E-state index < -0.39 is 9.49 Å². The van der Waals surface area contributed by atoms with Crippen molar-refractivity contribution in [3.63, 3.8) is 0 Å². The quantitative estimate of drug-likeness (QED) is 0.492. The Kier molecular flexibility index (Phi) is 5.75. The van der Waals surface area contributed by atoms with E-state index >= 15 is 0 Å². The number of benzene rings is 1. The van der Waals surface area contributed by atoms with Crippen molar-refractivity contribution in [2.24, 2.45) is 9.98 Å². The molecular formula is C15H20N2O2S2-2. The van der Waals surface area contributed by atoms with Gasteiger partial charge in [0.1, 0.15) is 0 Å². The number of thiol groups is 2. The molecule has 0 saturated heterocycles. The van der Waals surface area contributed by atoms with Crippen molar-refractivity contribution < 1.29 is 10.2 Å². The van der Waals surface area contributed by atoms with Gasteiger partial charge in [0, 0.05) is 9.49 Å². The first kappa shape index (κ1) is 17.9. The molecule has 4 nitrogen and oxygen atoms in total. The summed E-state index contributed by atoms with van der Waals surface area (Å²) in [6.07, 6.45) is 0. The van der Waals surface area contributed by atoms with Crippen LogP contribution in [-0.2, 0) is 6.54 Å². The third-order valence-electron chi connectivity index (χ3n) is 2.65. The lowest BCUT2D eigenvalue weighted by atomic mass is 10.1. The lowest BCUT2D eigenvalue weighted by Crippen LogP contribution is -2.36. The van der Waals surface area contributed by atoms with Crippen LogP contribution >= 0.6 is 25.3 Å². The zero-order chi connectivity index (χ0) is 16.3. The van der Waals surface area contributed by atoms with E-state index in [9.17, 15) is 10.2 Å². The van der Waals surface area contributed by atoms with Crippen LogP contribution in [0.5, 0.6) is 0 Å². The Balaban J connectivity index is 3.07. The molecule has 0 aliphatic heterocycles. The Morgan fingerprint density at radius 2 is 1.52 bits per heavy atom. The molecule has 6 heteroatoms. The van der Waals surface area contributed by atoms with Crippen molar-refractivity contribution in [1.29, 1.82) is 0 Å². The van der Waals surface area contributed by atoms with E-state index in [2.05, 4.69) is 35.2 Å². The molecule has 0 heterocycles. The predicted molar refractivity (Wildman–Crippen MR) is 90.8 cm³/mol. The highest BCUT2D eigenvalue weighted by Crippen LogP contribution is 2.23. The van der Waals surface area contributed by atoms with Crippen molar-refractivity contribution in [3.8, 4) is 0 Å². The maximum Gasteiger partial charge on any atom is 0.0669 e. The molecule has 0 atom stereocenters. The van der Waals surface area contributed by atoms with Crippen LogP contribution < -0.4 is 10.2 Å². The smallest absolute Gasteiger partial charge is 0.0669 e. The highest BCUT2D eigenvalue weighted by atomic mass is 32.1. The fraction of sp³-hybridized carbons (Fsp3) is 0.467. The standard InChI is InChI=1S/C15H22N2O2S2/c1-14(2,20)12(18)16-9-10-7-5-6-8-11(10)17-13(19)15(3,4)21/h5-8,20-21H,9H2,1-4H3,(H,16,18)(H,17,19)/p-2. The number of rotatable bonds is 5. The summed E-state index contributed by atoms with van der Waals surface area (Å²) in [6, 6.07) is 7.11. The van der Waals surface area contributed by atoms with E-state index in [1.165, 1.54) is 0 Å². The average Bonchev–Trinajstić information content (AvgIpc) is 2.35. The van der Waals surface area contributed by atoms with Gasteiger partial charge in [-0.1, -0.05) is 18.2 Å². The zero-order valence-electron chi connectivity index (χ0n) is 12.6. The van der Waals surface area contributed by atoms with Gasteiger partial charge in [0.25, 0.3) is 0 Å². The van der Waals surface area contributed by atoms with Crippen molar-refractivity contribution in [2.75, 3.05) is 0 Å². The molecule has 1 aromatic carbocycles. The van der Waals surface area contributed by atoms with Crippen LogP contribution in [0.15, 0.2) is 34.3 Å². The molecule has 1 aromatic rings. The van der Waals surface area contributed by atoms with Crippen molar-refractivity contribution in [2.45, 2.75) is 43.7 Å². The SMILES string of the molecule is CC(C)(S)C([O-])=NCc1ccccc1N=C([O-])C(C)(C)S. The van der Waals surface area contributed by atoms with Crippen molar-refractivity contribution in [3.05, 3.63) is 29.8 Å². The van der Waals surface area contributed by atoms with Crippen molar-refractivity contribution in [1.82, 2.24) is 0 Å². The highest BCUT2D eigenvalue weighted by Gasteiger charge is 2.13. The van der Waals surface area contributed by atoms with Gasteiger partial charge in [0.15, 0.2) is 0 Å². The monoisotopic (exact) mass is 324 g/mol. The Hall–Kier alpha value is -1.14. The number of nitrogens with zero attached hydrogens (tertiary/aromatic N) is 2. The second-order valence-corrected chi connectivity index (χ2v) is 8.02. The molecule has 0 spiro atoms. The van der Waals surface area contributed by atoms with E-state index in [1.807, 2.05) is 6.07 Å². The van der Waals surface area contributed by atoms with Crippen LogP contribution in [0.2, 0.25) is 0 Å². The first-order valence-electron chi connectivity index (χ1n) is 6.52. The fourth-order valence-corrected chi connectivity index (χ4v) is 1.47. The molecule has 0 radical (unpaired) electrons. The lowest BCUT2D eigenvalue weighted by molar-refractivity contribution is -0.221. The molecule has 0 unspecified atom stereocenters. The summed E-state index contributed by atoms with van der Waals surface area (Å²) in [5, 5.41) is 23.7. The summed E-state index contributed by atoms with van der Waals surface area (Å²) in [5.74, 6) is -0.638. The molecule has 0 fully saturated rings. The van der Waals surface area contributed by atoms with E-state index in [-0.39, 0.29) is 18.3 Å². The minimum atomic E-state index is -0.840. The van der Waals surface area contributed by atoms with Gasteiger partial charge in [-0.2, -0.15) is 25.3 Å². The molecule has 0 aliphatic rings. The average molecular weight is 324 g/mol. The largest absolute Gasteiger partial charge is 0.861 e. The van der Waals surface area contributed by atoms with E-state index in [0.29, 0.717) is 5.69 Å². The van der Waals surface area contributed by atoms with Crippen LogP contribution in [-0.4, -0.2) is 21.3 Å². The molecule has 0 bridgehead atoms. The molecule has 0 amide bonds. The molecule has 0 aliphatic carbocycles. The maximum absolute atomic E-state index is 11.9. The van der Waals surface area contributed by atoms with Crippen LogP contribution in [0.3, 0.4) is 0 Å². The summed E-state index contributed by atoms with van der Waals surface area (Å²) < 4.78 is -1.65. The summed E-state index contributed by atoms with van der Waals surface area (Å²) in [7, 11) is 0. The van der Waals surface area contributed by atoms with Gasteiger partial charge in [0.2, 0.25) is 0 Å². The second kappa shape index (κ2) is 6.75. The van der Waals surface area contributed by atoms with Gasteiger partial charge in [-0.3, -0.25) is 9.98 Å². The molecule has 0 saturated carbocycles. The highest BCUT2D eigenvalue weighted by molar-refractivity contribution is 7.82. The third-order valence-corrected chi connectivity index (χ3v) is 3.04. The number of hydrogen-bond acceptors (Lipinski definition) is 6. The van der Waals surface area contributed by atoms with Crippen molar-refractivity contribution >= 4 is 42.7 Å². The maximum atomic E-state index is 11.9. The fourth-order valence-electron chi connectivity index (χ4n) is 1.35. The summed E-state index contributed by atoms with van der Waals surface area (Å²) in [4.78, 5) is 8.05. The number of para-hydroxylation sites is 1. The third kappa shape index (κ3) is 5.63. The molecule has 116 valence electrons. The molecular weight excluding hydrogens is 304 g/mol. The van der Waals surface area contributed by atoms with Gasteiger partial charge >= 0.3 is 0 Å². The van der Waals surface area contributed by atoms with E-state index in [1.54, 1.807) is 45.9 Å². The predicted octanol–water partition coefficient (Wildman–Crippen LogP) is 1.75. The van der Waals surface area contributed by atoms with Crippen LogP contribution in [0.4, 0.5) is 5.69 Å². The van der Waals surface area contributed by atoms with Gasteiger partial charge in [-0.05, 0) is 51.1 Å². The van der Waals surface area contributed by atoms with Gasteiger partial charge < -0.3 is 10.2 Å². The molecule has 21 heavy (non-hydrogen) atoms. The minimum Gasteiger partial charge on any atom is -0.861 e. The summed E-state index contributed by atoms with van der Waals surface area (Å²) in [6.45, 7) is 6.91. The minimum absolute atomic E-state index is 0.169. The summed E-state index contributed by atoms with van der Waals surface area (Å²) in [5.41, 5.74) is 1.23. The normalized spacial score (nSPS) is 14.4. The Bertz CT molecular complexity index is 556. The lowest BCUT2D eigenvalue weighted by Gasteiger charge is -2.26. The molecule has 0 aromatic heterocycles. The first-order chi connectivity index (χ1) is 9.51. The van der Waals surface area contributed by atoms with Gasteiger partial charge in [-0.15, -0.1) is 0 Å². The Morgan fingerprint density at radius 1 is 1.00 bits per heavy atom. The first-order valence-corrected chi connectivity index (χ1v) is 7.42. The van der Waals surface area contributed by atoms with Gasteiger partial charge in [0.05, 0.1) is 12.2 Å². The van der Waals surface area contributed by atoms with Crippen LogP contribution in [0, 0.1) is 0 Å². The zero-order valence-corrected chi connectivity index (χ0v) is 14.4. The Labute approximate surface area is 136 Å². The second-order valence-electron chi connectivity index (χ2n) is 5.79. The van der Waals surface area contributed by atoms with E-state index in [4.69, 9.17) is 0 Å². The molecule has 0 N–H and O–H groups in total. The summed E-state index contributed by atoms with van der Waals surface area (Å²) >= 11 is 8.39. The van der Waals surface area contributed by atoms with Crippen LogP contribution in [0.1, 0.15) is 33.3 Å². The van der Waals surface area contributed by atoms with Crippen LogP contribution in [0.25, 0.3) is 0 Å². The number of aliphatic imine (C=N–C) groups is 2. The Morgan fingerprint density at radius 3 is 2.05 bits per heavy atom. The topological polar surface area (TPSA) is 70.8 Å². The van der Waals surface area contributed by atoms with Gasteiger partial charge in [-0.25, -0.2) is 0 Å². The van der Waals surface area contributed by atoms with E-state index in [0.717, 1.165) is 5.56 Å². The number of hydrogen-bond donors (Lipinski definition) is 2.